The van der Waals surface area contributed by atoms with Crippen LogP contribution in [-0.4, -0.2) is 30.7 Å². The Balaban J connectivity index is 0.00000196. The first kappa shape index (κ1) is 20.2. The molecular weight excluding hydrogens is 453 g/mol. The van der Waals surface area contributed by atoms with Crippen molar-refractivity contribution in [2.75, 3.05) is 14.1 Å². The van der Waals surface area contributed by atoms with Gasteiger partial charge in [0.15, 0.2) is 0 Å². The van der Waals surface area contributed by atoms with Gasteiger partial charge in [-0.3, -0.25) is 0 Å². The minimum absolute atomic E-state index is 0. The third kappa shape index (κ3) is 3.98. The van der Waals surface area contributed by atoms with E-state index in [1.54, 1.807) is 0 Å². The summed E-state index contributed by atoms with van der Waals surface area (Å²) in [5.74, 6) is 1.28. The topological polar surface area (TPSA) is 0 Å². The molecule has 0 spiro atoms. The van der Waals surface area contributed by atoms with Gasteiger partial charge in [0.1, 0.15) is 0 Å². The summed E-state index contributed by atoms with van der Waals surface area (Å²) in [6.45, 7) is 0. The van der Waals surface area contributed by atoms with Crippen LogP contribution in [0.25, 0.3) is 0 Å². The molecule has 0 amide bonds. The van der Waals surface area contributed by atoms with E-state index in [2.05, 4.69) is 62.6 Å². The van der Waals surface area contributed by atoms with Gasteiger partial charge in [-0.15, -0.1) is 0 Å². The second-order valence-corrected chi connectivity index (χ2v) is 9.04. The smallest absolute Gasteiger partial charge is 0.0893 e. The summed E-state index contributed by atoms with van der Waals surface area (Å²) >= 11 is 6.31. The largest absolute Gasteiger partial charge is 1.00 e. The number of piperidine rings is 1. The molecule has 140 valence electrons. The minimum atomic E-state index is 0. The van der Waals surface area contributed by atoms with Gasteiger partial charge in [-0.1, -0.05) is 54.1 Å². The van der Waals surface area contributed by atoms with Crippen LogP contribution in [0.3, 0.4) is 0 Å². The van der Waals surface area contributed by atoms with Crippen LogP contribution in [0.4, 0.5) is 0 Å². The molecule has 3 heteroatoms. The number of benzene rings is 2. The lowest BCUT2D eigenvalue weighted by Crippen LogP contribution is -3.00. The highest BCUT2D eigenvalue weighted by molar-refractivity contribution is 6.30. The molecule has 26 heavy (non-hydrogen) atoms. The lowest BCUT2D eigenvalue weighted by atomic mass is 9.78. The number of hydrogen-bond donors (Lipinski definition) is 0. The molecule has 2 aliphatic heterocycles. The second-order valence-electron chi connectivity index (χ2n) is 8.61. The van der Waals surface area contributed by atoms with E-state index in [1.165, 1.54) is 47.7 Å². The molecule has 0 radical (unpaired) electrons. The van der Waals surface area contributed by atoms with E-state index in [9.17, 15) is 0 Å². The van der Waals surface area contributed by atoms with Gasteiger partial charge in [-0.2, -0.15) is 0 Å². The molecule has 2 aromatic carbocycles. The van der Waals surface area contributed by atoms with Gasteiger partial charge in [0.25, 0.3) is 0 Å². The monoisotopic (exact) mass is 481 g/mol. The Labute approximate surface area is 180 Å². The van der Waals surface area contributed by atoms with Crippen molar-refractivity contribution in [3.63, 3.8) is 0 Å². The molecule has 2 unspecified atom stereocenters. The van der Waals surface area contributed by atoms with Crippen molar-refractivity contribution in [1.29, 1.82) is 0 Å². The standard InChI is InChI=1S/C23H29ClN.HI/c1-25(2)21-11-12-22(25)14-17(13-21)15-23(18-7-4-3-5-8-18)19-9-6-10-20(24)16-19;/h3-10,16-17,21-23H,11-15H2,1-2H3;1H/q+1;/p-1/t17?,21-,22+,23?;. The highest BCUT2D eigenvalue weighted by atomic mass is 127. The maximum absolute atomic E-state index is 6.31. The van der Waals surface area contributed by atoms with Crippen LogP contribution >= 0.6 is 11.6 Å². The zero-order chi connectivity index (χ0) is 17.4. The summed E-state index contributed by atoms with van der Waals surface area (Å²) in [7, 11) is 4.90. The molecule has 2 heterocycles. The minimum Gasteiger partial charge on any atom is -1.00 e. The van der Waals surface area contributed by atoms with E-state index in [0.29, 0.717) is 5.92 Å². The Morgan fingerprint density at radius 2 is 1.54 bits per heavy atom. The molecule has 2 aliphatic rings. The van der Waals surface area contributed by atoms with Gasteiger partial charge in [0.05, 0.1) is 26.2 Å². The number of fused-ring (bicyclic) bond motifs is 2. The van der Waals surface area contributed by atoms with Gasteiger partial charge in [0, 0.05) is 36.6 Å². The molecule has 0 saturated carbocycles. The zero-order valence-electron chi connectivity index (χ0n) is 15.7. The van der Waals surface area contributed by atoms with Crippen LogP contribution in [-0.2, 0) is 0 Å². The average molecular weight is 482 g/mol. The maximum Gasteiger partial charge on any atom is 0.0893 e. The molecule has 2 aromatic rings. The molecule has 2 saturated heterocycles. The molecule has 4 rings (SSSR count). The molecule has 1 nitrogen and oxygen atoms in total. The lowest BCUT2D eigenvalue weighted by molar-refractivity contribution is -0.931. The third-order valence-corrected chi connectivity index (χ3v) is 7.18. The van der Waals surface area contributed by atoms with Crippen molar-refractivity contribution in [3.8, 4) is 0 Å². The first-order chi connectivity index (χ1) is 12.0. The number of hydrogen-bond acceptors (Lipinski definition) is 0. The van der Waals surface area contributed by atoms with E-state index in [1.807, 2.05) is 6.07 Å². The van der Waals surface area contributed by atoms with Crippen molar-refractivity contribution < 1.29 is 28.5 Å². The van der Waals surface area contributed by atoms with E-state index in [-0.39, 0.29) is 24.0 Å². The molecular formula is C23H29ClIN. The van der Waals surface area contributed by atoms with Gasteiger partial charge >= 0.3 is 0 Å². The zero-order valence-corrected chi connectivity index (χ0v) is 18.7. The van der Waals surface area contributed by atoms with Crippen molar-refractivity contribution in [2.45, 2.75) is 50.1 Å². The quantitative estimate of drug-likeness (QED) is 0.465. The lowest BCUT2D eigenvalue weighted by Gasteiger charge is -2.45. The summed E-state index contributed by atoms with van der Waals surface area (Å²) < 4.78 is 1.25. The van der Waals surface area contributed by atoms with Crippen LogP contribution < -0.4 is 24.0 Å². The fourth-order valence-corrected chi connectivity index (χ4v) is 5.59. The van der Waals surface area contributed by atoms with Crippen LogP contribution in [0.2, 0.25) is 5.02 Å². The predicted octanol–water partition coefficient (Wildman–Crippen LogP) is 2.88. The van der Waals surface area contributed by atoms with Crippen LogP contribution in [0, 0.1) is 5.92 Å². The van der Waals surface area contributed by atoms with E-state index in [0.717, 1.165) is 23.0 Å². The van der Waals surface area contributed by atoms with Crippen molar-refractivity contribution in [1.82, 2.24) is 0 Å². The molecule has 0 N–H and O–H groups in total. The molecule has 0 aliphatic carbocycles. The summed E-state index contributed by atoms with van der Waals surface area (Å²) in [5, 5.41) is 0.847. The number of nitrogens with zero attached hydrogens (tertiary/aromatic N) is 1. The Hall–Kier alpha value is -0.580. The van der Waals surface area contributed by atoms with Gasteiger partial charge in [-0.25, -0.2) is 0 Å². The highest BCUT2D eigenvalue weighted by Crippen LogP contribution is 2.46. The summed E-state index contributed by atoms with van der Waals surface area (Å²) in [5.41, 5.74) is 2.79. The van der Waals surface area contributed by atoms with Gasteiger partial charge in [0.2, 0.25) is 0 Å². The van der Waals surface area contributed by atoms with E-state index >= 15 is 0 Å². The predicted molar refractivity (Wildman–Crippen MR) is 106 cm³/mol. The average Bonchev–Trinajstić information content (AvgIpc) is 2.78. The normalized spacial score (nSPS) is 27.6. The van der Waals surface area contributed by atoms with Crippen molar-refractivity contribution in [3.05, 3.63) is 70.7 Å². The second kappa shape index (κ2) is 8.20. The van der Waals surface area contributed by atoms with Gasteiger partial charge in [-0.05, 0) is 35.6 Å². The van der Waals surface area contributed by atoms with Gasteiger partial charge < -0.3 is 28.5 Å². The van der Waals surface area contributed by atoms with E-state index < -0.39 is 0 Å². The number of quaternary nitrogens is 1. The van der Waals surface area contributed by atoms with Crippen LogP contribution in [0.5, 0.6) is 0 Å². The number of rotatable bonds is 4. The Kier molecular flexibility index (Phi) is 6.36. The molecule has 2 bridgehead atoms. The van der Waals surface area contributed by atoms with Crippen molar-refractivity contribution in [2.24, 2.45) is 5.92 Å². The Morgan fingerprint density at radius 1 is 0.923 bits per heavy atom. The van der Waals surface area contributed by atoms with Crippen LogP contribution in [0.15, 0.2) is 54.6 Å². The fraction of sp³-hybridized carbons (Fsp3) is 0.478. The molecule has 0 aromatic heterocycles. The summed E-state index contributed by atoms with van der Waals surface area (Å²) in [6, 6.07) is 21.2. The fourth-order valence-electron chi connectivity index (χ4n) is 5.39. The third-order valence-electron chi connectivity index (χ3n) is 6.95. The summed E-state index contributed by atoms with van der Waals surface area (Å²) in [4.78, 5) is 0. The SMILES string of the molecule is C[N+]1(C)[C@@H]2CC[C@H]1CC(CC(c1ccccc1)c1cccc(Cl)c1)C2.[I-]. The Bertz CT molecular complexity index is 714. The maximum atomic E-state index is 6.31. The van der Waals surface area contributed by atoms with Crippen LogP contribution in [0.1, 0.15) is 49.1 Å². The first-order valence-electron chi connectivity index (χ1n) is 9.68. The summed E-state index contributed by atoms with van der Waals surface area (Å²) in [6.07, 6.45) is 6.85. The number of halogens is 2. The van der Waals surface area contributed by atoms with Crippen molar-refractivity contribution >= 4 is 11.6 Å². The van der Waals surface area contributed by atoms with E-state index in [4.69, 9.17) is 11.6 Å². The molecule has 4 atom stereocenters. The first-order valence-corrected chi connectivity index (χ1v) is 10.1. The highest BCUT2D eigenvalue weighted by Gasteiger charge is 2.48. The Morgan fingerprint density at radius 3 is 2.15 bits per heavy atom. The molecule has 2 fully saturated rings.